The Kier molecular flexibility index (Phi) is 5.01. The Morgan fingerprint density at radius 3 is 2.66 bits per heavy atom. The highest BCUT2D eigenvalue weighted by Gasteiger charge is 2.16. The third-order valence-electron chi connectivity index (χ3n) is 4.33. The van der Waals surface area contributed by atoms with Gasteiger partial charge in [-0.25, -0.2) is 4.98 Å². The van der Waals surface area contributed by atoms with Gasteiger partial charge >= 0.3 is 0 Å². The zero-order valence-electron chi connectivity index (χ0n) is 15.4. The van der Waals surface area contributed by atoms with E-state index in [0.29, 0.717) is 22.2 Å². The molecule has 0 radical (unpaired) electrons. The average Bonchev–Trinajstić information content (AvgIpc) is 3.29. The van der Waals surface area contributed by atoms with Crippen molar-refractivity contribution in [2.24, 2.45) is 7.05 Å². The van der Waals surface area contributed by atoms with E-state index in [1.54, 1.807) is 31.3 Å². The van der Waals surface area contributed by atoms with Crippen LogP contribution in [-0.2, 0) is 13.6 Å². The zero-order valence-corrected chi connectivity index (χ0v) is 16.2. The van der Waals surface area contributed by atoms with Crippen LogP contribution in [0, 0.1) is 0 Å². The van der Waals surface area contributed by atoms with Crippen molar-refractivity contribution in [3.63, 3.8) is 0 Å². The topological polar surface area (TPSA) is 105 Å². The second-order valence-electron chi connectivity index (χ2n) is 6.36. The molecule has 0 aliphatic heterocycles. The number of aryl methyl sites for hydroxylation is 1. The lowest BCUT2D eigenvalue weighted by Crippen LogP contribution is -2.24. The number of amides is 2. The first kappa shape index (κ1) is 18.7. The number of nitrogens with one attached hydrogen (secondary N) is 3. The lowest BCUT2D eigenvalue weighted by atomic mass is 10.2. The van der Waals surface area contributed by atoms with E-state index in [9.17, 15) is 9.59 Å². The number of aromatic amines is 1. The number of carbonyl (C=O) groups is 2. The van der Waals surface area contributed by atoms with Gasteiger partial charge in [-0.05, 0) is 24.3 Å². The number of benzene rings is 2. The summed E-state index contributed by atoms with van der Waals surface area (Å²) in [4.78, 5) is 32.4. The molecule has 0 atom stereocenters. The van der Waals surface area contributed by atoms with E-state index in [-0.39, 0.29) is 24.1 Å². The molecule has 0 fully saturated rings. The van der Waals surface area contributed by atoms with Crippen LogP contribution in [0.25, 0.3) is 11.0 Å². The second kappa shape index (κ2) is 7.76. The summed E-state index contributed by atoms with van der Waals surface area (Å²) in [5.74, 6) is 0.263. The molecular formula is C20H17ClN6O2. The summed E-state index contributed by atoms with van der Waals surface area (Å²) in [6.45, 7) is 0.228. The highest BCUT2D eigenvalue weighted by Crippen LogP contribution is 2.18. The van der Waals surface area contributed by atoms with Gasteiger partial charge in [0.2, 0.25) is 0 Å². The first-order valence-electron chi connectivity index (χ1n) is 8.83. The van der Waals surface area contributed by atoms with Gasteiger partial charge in [0.25, 0.3) is 11.8 Å². The molecule has 0 aliphatic rings. The van der Waals surface area contributed by atoms with Crippen molar-refractivity contribution < 1.29 is 9.59 Å². The lowest BCUT2D eigenvalue weighted by molar-refractivity contribution is 0.0943. The number of halogens is 1. The van der Waals surface area contributed by atoms with Gasteiger partial charge in [0.05, 0.1) is 28.2 Å². The standard InChI is InChI=1S/C20H17ClN6O2/c1-27-18(25-19(28)12-6-2-3-7-13(12)21)10-16(26-27)20(29)22-11-17-23-14-8-4-5-9-15(14)24-17/h2-10H,11H2,1H3,(H,22,29)(H,23,24)(H,25,28). The van der Waals surface area contributed by atoms with Crippen LogP contribution in [0.1, 0.15) is 26.7 Å². The number of imidazole rings is 1. The minimum atomic E-state index is -0.382. The average molecular weight is 409 g/mol. The van der Waals surface area contributed by atoms with E-state index in [2.05, 4.69) is 25.7 Å². The third-order valence-corrected chi connectivity index (χ3v) is 4.66. The molecular weight excluding hydrogens is 392 g/mol. The minimum absolute atomic E-state index is 0.179. The Hall–Kier alpha value is -3.65. The molecule has 2 aromatic heterocycles. The summed E-state index contributed by atoms with van der Waals surface area (Å²) in [7, 11) is 1.64. The number of hydrogen-bond acceptors (Lipinski definition) is 4. The normalized spacial score (nSPS) is 10.8. The fourth-order valence-electron chi connectivity index (χ4n) is 2.87. The van der Waals surface area contributed by atoms with Gasteiger partial charge in [-0.3, -0.25) is 14.3 Å². The van der Waals surface area contributed by atoms with Crippen LogP contribution in [0.3, 0.4) is 0 Å². The molecule has 4 aromatic rings. The Labute approximate surface area is 170 Å². The summed E-state index contributed by atoms with van der Waals surface area (Å²) in [6.07, 6.45) is 0. The maximum absolute atomic E-state index is 12.4. The molecule has 2 heterocycles. The van der Waals surface area contributed by atoms with E-state index in [0.717, 1.165) is 11.0 Å². The minimum Gasteiger partial charge on any atom is -0.343 e. The summed E-state index contributed by atoms with van der Waals surface area (Å²) < 4.78 is 1.42. The first-order chi connectivity index (χ1) is 14.0. The van der Waals surface area contributed by atoms with Gasteiger partial charge in [-0.15, -0.1) is 0 Å². The summed E-state index contributed by atoms with van der Waals surface area (Å²) >= 11 is 6.05. The smallest absolute Gasteiger partial charge is 0.272 e. The number of fused-ring (bicyclic) bond motifs is 1. The van der Waals surface area contributed by atoms with E-state index >= 15 is 0 Å². The van der Waals surface area contributed by atoms with Gasteiger partial charge in [0, 0.05) is 13.1 Å². The van der Waals surface area contributed by atoms with E-state index in [1.165, 1.54) is 10.7 Å². The predicted molar refractivity (Wildman–Crippen MR) is 110 cm³/mol. The highest BCUT2D eigenvalue weighted by molar-refractivity contribution is 6.34. The van der Waals surface area contributed by atoms with Gasteiger partial charge in [0.15, 0.2) is 5.69 Å². The number of hydrogen-bond donors (Lipinski definition) is 3. The molecule has 8 nitrogen and oxygen atoms in total. The zero-order chi connectivity index (χ0) is 20.4. The Balaban J connectivity index is 1.43. The quantitative estimate of drug-likeness (QED) is 0.471. The van der Waals surface area contributed by atoms with E-state index < -0.39 is 0 Å². The Morgan fingerprint density at radius 1 is 1.10 bits per heavy atom. The first-order valence-corrected chi connectivity index (χ1v) is 9.21. The number of para-hydroxylation sites is 2. The fourth-order valence-corrected chi connectivity index (χ4v) is 3.09. The molecule has 3 N–H and O–H groups in total. The number of nitrogens with zero attached hydrogens (tertiary/aromatic N) is 3. The van der Waals surface area contributed by atoms with Crippen LogP contribution in [0.5, 0.6) is 0 Å². The number of carbonyl (C=O) groups excluding carboxylic acids is 2. The molecule has 0 unspecified atom stereocenters. The SMILES string of the molecule is Cn1nc(C(=O)NCc2nc3ccccc3[nH]2)cc1NC(=O)c1ccccc1Cl. The Bertz CT molecular complexity index is 1180. The predicted octanol–water partition coefficient (Wildman–Crippen LogP) is 3.13. The molecule has 29 heavy (non-hydrogen) atoms. The molecule has 0 aliphatic carbocycles. The summed E-state index contributed by atoms with van der Waals surface area (Å²) in [6, 6.07) is 15.8. The van der Waals surface area contributed by atoms with E-state index in [1.807, 2.05) is 24.3 Å². The van der Waals surface area contributed by atoms with Crippen LogP contribution in [0.2, 0.25) is 5.02 Å². The van der Waals surface area contributed by atoms with Crippen molar-refractivity contribution in [3.05, 3.63) is 76.7 Å². The van der Waals surface area contributed by atoms with E-state index in [4.69, 9.17) is 11.6 Å². The van der Waals surface area contributed by atoms with Crippen molar-refractivity contribution in [2.75, 3.05) is 5.32 Å². The van der Waals surface area contributed by atoms with Crippen molar-refractivity contribution in [1.29, 1.82) is 0 Å². The molecule has 0 bridgehead atoms. The molecule has 2 aromatic carbocycles. The van der Waals surface area contributed by atoms with Crippen molar-refractivity contribution in [3.8, 4) is 0 Å². The fraction of sp³-hybridized carbons (Fsp3) is 0.100. The molecule has 0 saturated carbocycles. The number of H-pyrrole nitrogens is 1. The second-order valence-corrected chi connectivity index (χ2v) is 6.76. The van der Waals surface area contributed by atoms with Crippen LogP contribution < -0.4 is 10.6 Å². The molecule has 9 heteroatoms. The van der Waals surface area contributed by atoms with Gasteiger partial charge < -0.3 is 15.6 Å². The van der Waals surface area contributed by atoms with Gasteiger partial charge in [-0.1, -0.05) is 35.9 Å². The van der Waals surface area contributed by atoms with Crippen LogP contribution in [-0.4, -0.2) is 31.6 Å². The number of aromatic nitrogens is 4. The summed E-state index contributed by atoms with van der Waals surface area (Å²) in [5, 5.41) is 9.99. The molecule has 0 saturated heterocycles. The molecule has 4 rings (SSSR count). The summed E-state index contributed by atoms with van der Waals surface area (Å²) in [5.41, 5.74) is 2.25. The van der Waals surface area contributed by atoms with Crippen LogP contribution in [0.4, 0.5) is 5.82 Å². The Morgan fingerprint density at radius 2 is 1.86 bits per heavy atom. The van der Waals surface area contributed by atoms with Gasteiger partial charge in [-0.2, -0.15) is 5.10 Å². The van der Waals surface area contributed by atoms with Crippen molar-refractivity contribution >= 4 is 40.3 Å². The van der Waals surface area contributed by atoms with Gasteiger partial charge in [0.1, 0.15) is 11.6 Å². The maximum Gasteiger partial charge on any atom is 0.272 e. The largest absolute Gasteiger partial charge is 0.343 e. The monoisotopic (exact) mass is 408 g/mol. The maximum atomic E-state index is 12.4. The number of anilines is 1. The van der Waals surface area contributed by atoms with Crippen LogP contribution >= 0.6 is 11.6 Å². The van der Waals surface area contributed by atoms with Crippen LogP contribution in [0.15, 0.2) is 54.6 Å². The molecule has 2 amide bonds. The lowest BCUT2D eigenvalue weighted by Gasteiger charge is -2.06. The van der Waals surface area contributed by atoms with Crippen molar-refractivity contribution in [1.82, 2.24) is 25.1 Å². The third kappa shape index (κ3) is 3.97. The molecule has 0 spiro atoms. The van der Waals surface area contributed by atoms with Crippen molar-refractivity contribution in [2.45, 2.75) is 6.54 Å². The molecule has 146 valence electrons. The number of rotatable bonds is 5. The highest BCUT2D eigenvalue weighted by atomic mass is 35.5.